The second-order valence-corrected chi connectivity index (χ2v) is 3.85. The molecule has 4 nitrogen and oxygen atoms in total. The Morgan fingerprint density at radius 2 is 2.17 bits per heavy atom. The van der Waals surface area contributed by atoms with Crippen molar-refractivity contribution in [2.24, 2.45) is 0 Å². The molecule has 0 aliphatic rings. The number of ether oxygens (including phenoxy) is 1. The van der Waals surface area contributed by atoms with Gasteiger partial charge in [-0.15, -0.1) is 0 Å². The largest absolute Gasteiger partial charge is 0.497 e. The number of nitrogens with zero attached hydrogens (tertiary/aromatic N) is 2. The van der Waals surface area contributed by atoms with Crippen LogP contribution in [0.5, 0.6) is 5.75 Å². The maximum Gasteiger partial charge on any atom is 0.147 e. The average molecular weight is 242 g/mol. The molecule has 18 heavy (non-hydrogen) atoms. The van der Waals surface area contributed by atoms with Gasteiger partial charge in [-0.05, 0) is 23.8 Å². The van der Waals surface area contributed by atoms with E-state index in [-0.39, 0.29) is 0 Å². The normalized spacial score (nSPS) is 11.3. The number of aldehydes is 1. The Kier molecular flexibility index (Phi) is 3.91. The molecule has 4 heteroatoms. The lowest BCUT2D eigenvalue weighted by atomic mass is 10.1. The van der Waals surface area contributed by atoms with Crippen LogP contribution in [-0.4, -0.2) is 22.9 Å². The van der Waals surface area contributed by atoms with Gasteiger partial charge in [-0.25, -0.2) is 4.98 Å². The molecule has 0 aliphatic heterocycles. The third-order valence-electron chi connectivity index (χ3n) is 2.54. The average Bonchev–Trinajstić information content (AvgIpc) is 2.91. The summed E-state index contributed by atoms with van der Waals surface area (Å²) in [5.41, 5.74) is 1.66. The number of carbonyl (C=O) groups excluding carboxylic acids is 1. The summed E-state index contributed by atoms with van der Waals surface area (Å²) in [5.74, 6) is 0.800. The van der Waals surface area contributed by atoms with E-state index in [0.29, 0.717) is 12.1 Å². The van der Waals surface area contributed by atoms with Gasteiger partial charge in [0.05, 0.1) is 20.0 Å². The Balaban J connectivity index is 2.15. The smallest absolute Gasteiger partial charge is 0.147 e. The van der Waals surface area contributed by atoms with E-state index in [1.54, 1.807) is 19.6 Å². The fourth-order valence-corrected chi connectivity index (χ4v) is 1.62. The molecule has 1 aromatic carbocycles. The summed E-state index contributed by atoms with van der Waals surface area (Å²) >= 11 is 0. The zero-order chi connectivity index (χ0) is 12.8. The van der Waals surface area contributed by atoms with Crippen LogP contribution in [0.25, 0.3) is 6.08 Å². The lowest BCUT2D eigenvalue weighted by Gasteiger charge is -2.03. The summed E-state index contributed by atoms with van der Waals surface area (Å²) in [6, 6.07) is 7.56. The molecule has 0 radical (unpaired) electrons. The Bertz CT molecular complexity index is 527. The highest BCUT2D eigenvalue weighted by molar-refractivity contribution is 5.81. The maximum atomic E-state index is 11.0. The Morgan fingerprint density at radius 1 is 1.39 bits per heavy atom. The number of methoxy groups -OCH3 is 1. The molecule has 92 valence electrons. The van der Waals surface area contributed by atoms with Crippen molar-refractivity contribution in [3.63, 3.8) is 0 Å². The quantitative estimate of drug-likeness (QED) is 0.596. The Labute approximate surface area is 106 Å². The van der Waals surface area contributed by atoms with Gasteiger partial charge in [-0.3, -0.25) is 4.79 Å². The number of allylic oxidation sites excluding steroid dienone is 1. The maximum absolute atomic E-state index is 11.0. The first-order chi connectivity index (χ1) is 8.81. The van der Waals surface area contributed by atoms with Crippen LogP contribution < -0.4 is 4.74 Å². The Hall–Kier alpha value is -2.36. The molecule has 0 fully saturated rings. The zero-order valence-electron chi connectivity index (χ0n) is 10.1. The third kappa shape index (κ3) is 3.07. The predicted molar refractivity (Wildman–Crippen MR) is 69.3 cm³/mol. The Morgan fingerprint density at radius 3 is 2.72 bits per heavy atom. The van der Waals surface area contributed by atoms with E-state index >= 15 is 0 Å². The molecular weight excluding hydrogens is 228 g/mol. The molecule has 0 atom stereocenters. The number of hydrogen-bond donors (Lipinski definition) is 0. The standard InChI is InChI=1S/C14H14N2O2/c1-18-14-4-2-12(3-5-14)8-13(10-17)9-16-7-6-15-11-16/h2-8,10-11H,9H2,1H3/b13-8-. The first-order valence-electron chi connectivity index (χ1n) is 5.57. The highest BCUT2D eigenvalue weighted by atomic mass is 16.5. The summed E-state index contributed by atoms with van der Waals surface area (Å²) in [5, 5.41) is 0. The molecular formula is C14H14N2O2. The first-order valence-corrected chi connectivity index (χ1v) is 5.57. The zero-order valence-corrected chi connectivity index (χ0v) is 10.1. The summed E-state index contributed by atoms with van der Waals surface area (Å²) in [6.07, 6.45) is 7.92. The molecule has 0 spiro atoms. The number of aromatic nitrogens is 2. The molecule has 0 N–H and O–H groups in total. The fraction of sp³-hybridized carbons (Fsp3) is 0.143. The molecule has 0 bridgehead atoms. The van der Waals surface area contributed by atoms with Crippen LogP contribution in [-0.2, 0) is 11.3 Å². The van der Waals surface area contributed by atoms with Crippen molar-refractivity contribution in [2.75, 3.05) is 7.11 Å². The minimum atomic E-state index is 0.523. The summed E-state index contributed by atoms with van der Waals surface area (Å²) in [4.78, 5) is 15.0. The molecule has 0 aliphatic carbocycles. The van der Waals surface area contributed by atoms with Gasteiger partial charge in [-0.2, -0.15) is 0 Å². The van der Waals surface area contributed by atoms with Crippen molar-refractivity contribution < 1.29 is 9.53 Å². The minimum absolute atomic E-state index is 0.523. The highest BCUT2D eigenvalue weighted by Gasteiger charge is 1.98. The van der Waals surface area contributed by atoms with Crippen LogP contribution in [0.3, 0.4) is 0 Å². The molecule has 0 unspecified atom stereocenters. The van der Waals surface area contributed by atoms with Gasteiger partial charge >= 0.3 is 0 Å². The lowest BCUT2D eigenvalue weighted by molar-refractivity contribution is -0.105. The number of rotatable bonds is 5. The van der Waals surface area contributed by atoms with Gasteiger partial charge in [0.2, 0.25) is 0 Å². The van der Waals surface area contributed by atoms with E-state index in [2.05, 4.69) is 4.98 Å². The number of carbonyl (C=O) groups is 1. The van der Waals surface area contributed by atoms with Gasteiger partial charge in [-0.1, -0.05) is 12.1 Å². The fourth-order valence-electron chi connectivity index (χ4n) is 1.62. The molecule has 2 aromatic rings. The van der Waals surface area contributed by atoms with Crippen molar-refractivity contribution in [2.45, 2.75) is 6.54 Å². The first kappa shape index (κ1) is 12.1. The van der Waals surface area contributed by atoms with Crippen molar-refractivity contribution >= 4 is 12.4 Å². The van der Waals surface area contributed by atoms with Crippen LogP contribution in [0, 0.1) is 0 Å². The lowest BCUT2D eigenvalue weighted by Crippen LogP contribution is -1.99. The molecule has 1 aromatic heterocycles. The molecule has 0 amide bonds. The van der Waals surface area contributed by atoms with Crippen LogP contribution in [0.1, 0.15) is 5.56 Å². The van der Waals surface area contributed by atoms with Crippen LogP contribution >= 0.6 is 0 Å². The van der Waals surface area contributed by atoms with Crippen molar-refractivity contribution in [1.29, 1.82) is 0 Å². The third-order valence-corrected chi connectivity index (χ3v) is 2.54. The number of benzene rings is 1. The van der Waals surface area contributed by atoms with E-state index in [0.717, 1.165) is 17.6 Å². The van der Waals surface area contributed by atoms with Gasteiger partial charge in [0.1, 0.15) is 12.0 Å². The molecule has 2 rings (SSSR count). The van der Waals surface area contributed by atoms with Crippen molar-refractivity contribution in [1.82, 2.24) is 9.55 Å². The van der Waals surface area contributed by atoms with E-state index < -0.39 is 0 Å². The van der Waals surface area contributed by atoms with Gasteiger partial charge in [0.25, 0.3) is 0 Å². The number of hydrogen-bond acceptors (Lipinski definition) is 3. The van der Waals surface area contributed by atoms with Crippen LogP contribution in [0.15, 0.2) is 48.6 Å². The SMILES string of the molecule is COc1ccc(/C=C(\C=O)Cn2ccnc2)cc1. The van der Waals surface area contributed by atoms with E-state index in [9.17, 15) is 4.79 Å². The topological polar surface area (TPSA) is 44.1 Å². The highest BCUT2D eigenvalue weighted by Crippen LogP contribution is 2.14. The van der Waals surface area contributed by atoms with E-state index in [1.165, 1.54) is 0 Å². The van der Waals surface area contributed by atoms with Gasteiger partial charge < -0.3 is 9.30 Å². The summed E-state index contributed by atoms with van der Waals surface area (Å²) < 4.78 is 6.93. The molecule has 0 saturated heterocycles. The second-order valence-electron chi connectivity index (χ2n) is 3.85. The molecule has 1 heterocycles. The van der Waals surface area contributed by atoms with Gasteiger partial charge in [0, 0.05) is 18.0 Å². The van der Waals surface area contributed by atoms with Crippen LogP contribution in [0.4, 0.5) is 0 Å². The number of imidazole rings is 1. The summed E-state index contributed by atoms with van der Waals surface area (Å²) in [7, 11) is 1.63. The minimum Gasteiger partial charge on any atom is -0.497 e. The van der Waals surface area contributed by atoms with E-state index in [4.69, 9.17) is 4.74 Å². The predicted octanol–water partition coefficient (Wildman–Crippen LogP) is 2.17. The van der Waals surface area contributed by atoms with Gasteiger partial charge in [0.15, 0.2) is 0 Å². The van der Waals surface area contributed by atoms with Crippen LogP contribution in [0.2, 0.25) is 0 Å². The second kappa shape index (κ2) is 5.82. The van der Waals surface area contributed by atoms with Crippen molar-refractivity contribution in [3.8, 4) is 5.75 Å². The van der Waals surface area contributed by atoms with E-state index in [1.807, 2.05) is 41.1 Å². The summed E-state index contributed by atoms with van der Waals surface area (Å²) in [6.45, 7) is 0.523. The monoisotopic (exact) mass is 242 g/mol. The molecule has 0 saturated carbocycles. The van der Waals surface area contributed by atoms with Crippen molar-refractivity contribution in [3.05, 3.63) is 54.1 Å².